The van der Waals surface area contributed by atoms with Crippen molar-refractivity contribution in [3.05, 3.63) is 29.8 Å². The highest BCUT2D eigenvalue weighted by molar-refractivity contribution is 7.94. The molecule has 0 amide bonds. The minimum Gasteiger partial charge on any atom is -0.399 e. The first-order valence-electron chi connectivity index (χ1n) is 5.40. The number of nitrogens with two attached hydrogens (primary N) is 1. The molecule has 1 rings (SSSR count). The molecular formula is C11H17NO4S2. The van der Waals surface area contributed by atoms with Gasteiger partial charge in [-0.15, -0.1) is 0 Å². The molecule has 0 aliphatic carbocycles. The normalized spacial score (nSPS) is 12.5. The summed E-state index contributed by atoms with van der Waals surface area (Å²) in [5, 5.41) is 0. The number of rotatable bonds is 6. The maximum atomic E-state index is 11.6. The molecule has 7 heteroatoms. The van der Waals surface area contributed by atoms with Crippen LogP contribution in [-0.2, 0) is 26.1 Å². The van der Waals surface area contributed by atoms with Crippen LogP contribution in [0.4, 0.5) is 5.69 Å². The first kappa shape index (κ1) is 15.0. The van der Waals surface area contributed by atoms with Gasteiger partial charge < -0.3 is 5.73 Å². The van der Waals surface area contributed by atoms with Gasteiger partial charge in [0.05, 0.1) is 17.3 Å². The molecule has 1 aromatic rings. The molecule has 0 bridgehead atoms. The lowest BCUT2D eigenvalue weighted by atomic mass is 10.2. The van der Waals surface area contributed by atoms with Gasteiger partial charge >= 0.3 is 0 Å². The fraction of sp³-hybridized carbons (Fsp3) is 0.455. The van der Waals surface area contributed by atoms with E-state index < -0.39 is 19.7 Å². The predicted molar refractivity (Wildman–Crippen MR) is 72.9 cm³/mol. The fourth-order valence-electron chi connectivity index (χ4n) is 1.34. The van der Waals surface area contributed by atoms with Gasteiger partial charge in [0.25, 0.3) is 0 Å². The van der Waals surface area contributed by atoms with E-state index in [1.807, 2.05) is 0 Å². The third-order valence-corrected chi connectivity index (χ3v) is 5.30. The average Bonchev–Trinajstić information content (AvgIpc) is 2.25. The summed E-state index contributed by atoms with van der Waals surface area (Å²) in [6, 6.07) is 6.94. The van der Waals surface area contributed by atoms with Crippen molar-refractivity contribution < 1.29 is 16.8 Å². The standard InChI is InChI=1S/C11H17NO4S2/c1-17(13,14)8-9-18(15,16)7-6-10-2-4-11(12)5-3-10/h2-5H,6-9,12H2,1H3. The van der Waals surface area contributed by atoms with Crippen molar-refractivity contribution in [3.63, 3.8) is 0 Å². The van der Waals surface area contributed by atoms with E-state index in [-0.39, 0.29) is 17.3 Å². The summed E-state index contributed by atoms with van der Waals surface area (Å²) < 4.78 is 45.1. The van der Waals surface area contributed by atoms with Gasteiger partial charge in [-0.25, -0.2) is 16.8 Å². The Kier molecular flexibility index (Phi) is 4.75. The maximum Gasteiger partial charge on any atom is 0.151 e. The quantitative estimate of drug-likeness (QED) is 0.759. The Bertz CT molecular complexity index is 588. The van der Waals surface area contributed by atoms with Crippen LogP contribution >= 0.6 is 0 Å². The van der Waals surface area contributed by atoms with Crippen LogP contribution in [0.15, 0.2) is 24.3 Å². The Morgan fingerprint density at radius 2 is 1.50 bits per heavy atom. The number of hydrogen-bond donors (Lipinski definition) is 1. The number of hydrogen-bond acceptors (Lipinski definition) is 5. The number of sulfone groups is 2. The zero-order valence-electron chi connectivity index (χ0n) is 10.2. The average molecular weight is 291 g/mol. The Balaban J connectivity index is 2.54. The van der Waals surface area contributed by atoms with Crippen molar-refractivity contribution in [2.75, 3.05) is 29.2 Å². The Labute approximate surface area is 108 Å². The van der Waals surface area contributed by atoms with Gasteiger partial charge in [0.1, 0.15) is 9.84 Å². The highest BCUT2D eigenvalue weighted by Gasteiger charge is 2.14. The van der Waals surface area contributed by atoms with Gasteiger partial charge in [0.2, 0.25) is 0 Å². The van der Waals surface area contributed by atoms with Crippen LogP contribution in [0.2, 0.25) is 0 Å². The lowest BCUT2D eigenvalue weighted by Crippen LogP contribution is -2.19. The fourth-order valence-corrected chi connectivity index (χ4v) is 4.32. The van der Waals surface area contributed by atoms with E-state index >= 15 is 0 Å². The summed E-state index contributed by atoms with van der Waals surface area (Å²) >= 11 is 0. The van der Waals surface area contributed by atoms with Crippen molar-refractivity contribution in [2.45, 2.75) is 6.42 Å². The highest BCUT2D eigenvalue weighted by Crippen LogP contribution is 2.07. The monoisotopic (exact) mass is 291 g/mol. The number of aryl methyl sites for hydroxylation is 1. The molecule has 102 valence electrons. The number of anilines is 1. The molecule has 5 nitrogen and oxygen atoms in total. The van der Waals surface area contributed by atoms with Gasteiger partial charge in [0, 0.05) is 11.9 Å². The molecular weight excluding hydrogens is 274 g/mol. The predicted octanol–water partition coefficient (Wildman–Crippen LogP) is 0.271. The molecule has 0 aliphatic heterocycles. The molecule has 18 heavy (non-hydrogen) atoms. The maximum absolute atomic E-state index is 11.6. The first-order valence-corrected chi connectivity index (χ1v) is 9.29. The number of nitrogen functional groups attached to an aromatic ring is 1. The van der Waals surface area contributed by atoms with Crippen LogP contribution < -0.4 is 5.73 Å². The molecule has 0 aliphatic rings. The Morgan fingerprint density at radius 3 is 2.00 bits per heavy atom. The molecule has 0 radical (unpaired) electrons. The first-order chi connectivity index (χ1) is 8.18. The Hall–Kier alpha value is -1.08. The molecule has 0 aromatic heterocycles. The molecule has 0 saturated carbocycles. The van der Waals surface area contributed by atoms with Crippen LogP contribution in [0.5, 0.6) is 0 Å². The van der Waals surface area contributed by atoms with E-state index in [2.05, 4.69) is 0 Å². The smallest absolute Gasteiger partial charge is 0.151 e. The van der Waals surface area contributed by atoms with Crippen molar-refractivity contribution in [1.29, 1.82) is 0 Å². The van der Waals surface area contributed by atoms with Crippen LogP contribution in [0.25, 0.3) is 0 Å². The lowest BCUT2D eigenvalue weighted by molar-refractivity contribution is 0.589. The minimum absolute atomic E-state index is 0.0492. The van der Waals surface area contributed by atoms with E-state index in [4.69, 9.17) is 5.73 Å². The molecule has 0 spiro atoms. The summed E-state index contributed by atoms with van der Waals surface area (Å²) in [5.41, 5.74) is 7.01. The van der Waals surface area contributed by atoms with E-state index in [1.54, 1.807) is 24.3 Å². The van der Waals surface area contributed by atoms with E-state index in [9.17, 15) is 16.8 Å². The second kappa shape index (κ2) is 5.71. The zero-order chi connectivity index (χ0) is 13.8. The number of benzene rings is 1. The molecule has 0 saturated heterocycles. The van der Waals surface area contributed by atoms with Crippen LogP contribution in [-0.4, -0.2) is 40.3 Å². The third-order valence-electron chi connectivity index (χ3n) is 2.45. The van der Waals surface area contributed by atoms with E-state index in [1.165, 1.54) is 0 Å². The largest absolute Gasteiger partial charge is 0.399 e. The molecule has 1 aromatic carbocycles. The van der Waals surface area contributed by atoms with Crippen LogP contribution in [0, 0.1) is 0 Å². The van der Waals surface area contributed by atoms with Gasteiger partial charge in [0.15, 0.2) is 9.84 Å². The topological polar surface area (TPSA) is 94.3 Å². The van der Waals surface area contributed by atoms with Gasteiger partial charge in [-0.3, -0.25) is 0 Å². The minimum atomic E-state index is -3.33. The van der Waals surface area contributed by atoms with E-state index in [0.717, 1.165) is 11.8 Å². The lowest BCUT2D eigenvalue weighted by Gasteiger charge is -2.04. The van der Waals surface area contributed by atoms with Gasteiger partial charge in [-0.1, -0.05) is 12.1 Å². The highest BCUT2D eigenvalue weighted by atomic mass is 32.2. The molecule has 0 atom stereocenters. The van der Waals surface area contributed by atoms with Crippen molar-refractivity contribution in [2.24, 2.45) is 0 Å². The van der Waals surface area contributed by atoms with Crippen LogP contribution in [0.1, 0.15) is 5.56 Å². The van der Waals surface area contributed by atoms with Crippen LogP contribution in [0.3, 0.4) is 0 Å². The molecule has 0 heterocycles. The second-order valence-electron chi connectivity index (χ2n) is 4.27. The Morgan fingerprint density at radius 1 is 0.944 bits per heavy atom. The molecule has 0 fully saturated rings. The summed E-state index contributed by atoms with van der Waals surface area (Å²) in [6.45, 7) is 0. The summed E-state index contributed by atoms with van der Waals surface area (Å²) in [6.07, 6.45) is 1.40. The molecule has 2 N–H and O–H groups in total. The second-order valence-corrected chi connectivity index (χ2v) is 8.84. The van der Waals surface area contributed by atoms with Crippen molar-refractivity contribution in [1.82, 2.24) is 0 Å². The van der Waals surface area contributed by atoms with Crippen molar-refractivity contribution >= 4 is 25.4 Å². The van der Waals surface area contributed by atoms with Gasteiger partial charge in [-0.05, 0) is 24.1 Å². The van der Waals surface area contributed by atoms with Crippen molar-refractivity contribution in [3.8, 4) is 0 Å². The van der Waals surface area contributed by atoms with E-state index in [0.29, 0.717) is 12.1 Å². The summed E-state index contributed by atoms with van der Waals surface area (Å²) in [4.78, 5) is 0. The SMILES string of the molecule is CS(=O)(=O)CCS(=O)(=O)CCc1ccc(N)cc1. The van der Waals surface area contributed by atoms with Gasteiger partial charge in [-0.2, -0.15) is 0 Å². The summed E-state index contributed by atoms with van der Waals surface area (Å²) in [5.74, 6) is -0.690. The summed E-state index contributed by atoms with van der Waals surface area (Å²) in [7, 11) is -6.58. The zero-order valence-corrected chi connectivity index (χ0v) is 11.8. The third kappa shape index (κ3) is 6.02. The molecule has 0 unspecified atom stereocenters.